The molecule has 3 rings (SSSR count). The Morgan fingerprint density at radius 2 is 2.21 bits per heavy atom. The van der Waals surface area contributed by atoms with Gasteiger partial charge < -0.3 is 9.84 Å². The molecule has 0 fully saturated rings. The summed E-state index contributed by atoms with van der Waals surface area (Å²) in [7, 11) is 0. The monoisotopic (exact) mass is 258 g/mol. The van der Waals surface area contributed by atoms with E-state index in [1.807, 2.05) is 13.0 Å². The van der Waals surface area contributed by atoms with Crippen LogP contribution in [0.25, 0.3) is 10.9 Å². The van der Waals surface area contributed by atoms with Gasteiger partial charge in [0, 0.05) is 11.5 Å². The molecule has 0 radical (unpaired) electrons. The maximum Gasteiger partial charge on any atom is 0.156 e. The highest BCUT2D eigenvalue weighted by Gasteiger charge is 2.08. The molecule has 96 valence electrons. The molecule has 0 saturated heterocycles. The molecule has 0 aliphatic rings. The van der Waals surface area contributed by atoms with Crippen molar-refractivity contribution in [1.29, 1.82) is 0 Å². The average Bonchev–Trinajstić information content (AvgIpc) is 2.83. The number of hydrogen-bond acceptors (Lipinski definition) is 5. The number of benzene rings is 1. The van der Waals surface area contributed by atoms with Crippen LogP contribution >= 0.6 is 0 Å². The number of nitrogens with zero attached hydrogens (tertiary/aromatic N) is 3. The number of rotatable bonds is 3. The van der Waals surface area contributed by atoms with Crippen molar-refractivity contribution in [2.45, 2.75) is 13.5 Å². The first kappa shape index (κ1) is 11.6. The van der Waals surface area contributed by atoms with Crippen LogP contribution in [0.2, 0.25) is 0 Å². The Balaban J connectivity index is 1.91. The summed E-state index contributed by atoms with van der Waals surface area (Å²) in [4.78, 5) is 8.06. The minimum Gasteiger partial charge on any atom is -0.362 e. The van der Waals surface area contributed by atoms with Crippen molar-refractivity contribution >= 4 is 16.7 Å². The van der Waals surface area contributed by atoms with Crippen molar-refractivity contribution in [3.63, 3.8) is 0 Å². The maximum absolute atomic E-state index is 13.6. The molecule has 0 aliphatic carbocycles. The molecule has 0 amide bonds. The van der Waals surface area contributed by atoms with Gasteiger partial charge in [-0.25, -0.2) is 14.4 Å². The summed E-state index contributed by atoms with van der Waals surface area (Å²) in [6.07, 6.45) is 1.33. The van der Waals surface area contributed by atoms with Crippen LogP contribution in [0.15, 0.2) is 35.1 Å². The number of anilines is 1. The summed E-state index contributed by atoms with van der Waals surface area (Å²) in [5.41, 5.74) is 1.11. The molecule has 5 nitrogen and oxygen atoms in total. The van der Waals surface area contributed by atoms with Gasteiger partial charge in [-0.15, -0.1) is 0 Å². The van der Waals surface area contributed by atoms with Crippen LogP contribution in [0, 0.1) is 12.7 Å². The third-order valence-corrected chi connectivity index (χ3v) is 2.72. The van der Waals surface area contributed by atoms with Gasteiger partial charge >= 0.3 is 0 Å². The van der Waals surface area contributed by atoms with E-state index in [9.17, 15) is 4.39 Å². The summed E-state index contributed by atoms with van der Waals surface area (Å²) in [5, 5.41) is 7.53. The predicted octanol–water partition coefficient (Wildman–Crippen LogP) is 2.68. The van der Waals surface area contributed by atoms with Gasteiger partial charge in [0.05, 0.1) is 12.2 Å². The van der Waals surface area contributed by atoms with E-state index in [-0.39, 0.29) is 5.82 Å². The second-order valence-corrected chi connectivity index (χ2v) is 4.15. The predicted molar refractivity (Wildman–Crippen MR) is 68.1 cm³/mol. The molecule has 0 atom stereocenters. The Morgan fingerprint density at radius 1 is 1.32 bits per heavy atom. The summed E-state index contributed by atoms with van der Waals surface area (Å²) in [6, 6.07) is 6.60. The van der Waals surface area contributed by atoms with Gasteiger partial charge in [0.2, 0.25) is 0 Å². The van der Waals surface area contributed by atoms with Crippen molar-refractivity contribution in [3.05, 3.63) is 47.9 Å². The van der Waals surface area contributed by atoms with Gasteiger partial charge in [-0.3, -0.25) is 0 Å². The molecule has 2 heterocycles. The fraction of sp³-hybridized carbons (Fsp3) is 0.154. The molecule has 0 saturated carbocycles. The Kier molecular flexibility index (Phi) is 2.83. The highest BCUT2D eigenvalue weighted by Crippen LogP contribution is 2.21. The number of fused-ring (bicyclic) bond motifs is 1. The summed E-state index contributed by atoms with van der Waals surface area (Å²) in [6.45, 7) is 2.28. The van der Waals surface area contributed by atoms with E-state index in [4.69, 9.17) is 4.52 Å². The summed E-state index contributed by atoms with van der Waals surface area (Å²) >= 11 is 0. The molecule has 0 unspecified atom stereocenters. The van der Waals surface area contributed by atoms with Gasteiger partial charge in [-0.2, -0.15) is 0 Å². The van der Waals surface area contributed by atoms with Crippen molar-refractivity contribution in [2.75, 3.05) is 5.32 Å². The first-order valence-corrected chi connectivity index (χ1v) is 5.79. The lowest BCUT2D eigenvalue weighted by atomic mass is 10.2. The fourth-order valence-corrected chi connectivity index (χ4v) is 1.86. The number of halogens is 1. The lowest BCUT2D eigenvalue weighted by molar-refractivity contribution is 0.384. The first-order valence-electron chi connectivity index (χ1n) is 5.79. The Morgan fingerprint density at radius 3 is 3.00 bits per heavy atom. The fourth-order valence-electron chi connectivity index (χ4n) is 1.86. The SMILES string of the molecule is Cc1cc(CNc2ncnc3c(F)cccc23)on1. The molecule has 1 aromatic carbocycles. The Hall–Kier alpha value is -2.50. The van der Waals surface area contributed by atoms with Gasteiger partial charge in [0.1, 0.15) is 23.5 Å². The summed E-state index contributed by atoms with van der Waals surface area (Å²) < 4.78 is 18.7. The molecule has 3 aromatic rings. The third kappa shape index (κ3) is 2.24. The zero-order chi connectivity index (χ0) is 13.2. The van der Waals surface area contributed by atoms with E-state index in [2.05, 4.69) is 20.4 Å². The van der Waals surface area contributed by atoms with E-state index in [1.165, 1.54) is 12.4 Å². The molecule has 0 bridgehead atoms. The lowest BCUT2D eigenvalue weighted by Gasteiger charge is -2.06. The molecule has 1 N–H and O–H groups in total. The highest BCUT2D eigenvalue weighted by atomic mass is 19.1. The Labute approximate surface area is 108 Å². The number of aryl methyl sites for hydroxylation is 1. The largest absolute Gasteiger partial charge is 0.362 e. The van der Waals surface area contributed by atoms with Gasteiger partial charge in [0.25, 0.3) is 0 Å². The molecular weight excluding hydrogens is 247 g/mol. The van der Waals surface area contributed by atoms with Crippen LogP contribution < -0.4 is 5.32 Å². The van der Waals surface area contributed by atoms with Crippen molar-refractivity contribution in [1.82, 2.24) is 15.1 Å². The molecule has 19 heavy (non-hydrogen) atoms. The molecule has 0 aliphatic heterocycles. The first-order chi connectivity index (χ1) is 9.24. The number of para-hydroxylation sites is 1. The van der Waals surface area contributed by atoms with E-state index in [0.29, 0.717) is 29.0 Å². The van der Waals surface area contributed by atoms with Crippen LogP contribution in [0.1, 0.15) is 11.5 Å². The Bertz CT molecular complexity index is 725. The van der Waals surface area contributed by atoms with E-state index in [1.54, 1.807) is 12.1 Å². The molecule has 0 spiro atoms. The van der Waals surface area contributed by atoms with Crippen LogP contribution in [-0.2, 0) is 6.54 Å². The van der Waals surface area contributed by atoms with Crippen molar-refractivity contribution in [2.24, 2.45) is 0 Å². The van der Waals surface area contributed by atoms with Crippen LogP contribution in [-0.4, -0.2) is 15.1 Å². The highest BCUT2D eigenvalue weighted by molar-refractivity contribution is 5.89. The summed E-state index contributed by atoms with van der Waals surface area (Å²) in [5.74, 6) is 0.901. The quantitative estimate of drug-likeness (QED) is 0.782. The maximum atomic E-state index is 13.6. The van der Waals surface area contributed by atoms with Crippen LogP contribution in [0.4, 0.5) is 10.2 Å². The van der Waals surface area contributed by atoms with Crippen LogP contribution in [0.5, 0.6) is 0 Å². The normalized spacial score (nSPS) is 10.8. The van der Waals surface area contributed by atoms with E-state index >= 15 is 0 Å². The zero-order valence-corrected chi connectivity index (χ0v) is 10.2. The van der Waals surface area contributed by atoms with Crippen LogP contribution in [0.3, 0.4) is 0 Å². The zero-order valence-electron chi connectivity index (χ0n) is 10.2. The van der Waals surface area contributed by atoms with Crippen molar-refractivity contribution in [3.8, 4) is 0 Å². The molecule has 2 aromatic heterocycles. The topological polar surface area (TPSA) is 63.8 Å². The lowest BCUT2D eigenvalue weighted by Crippen LogP contribution is -2.02. The van der Waals surface area contributed by atoms with Gasteiger partial charge in [-0.05, 0) is 19.1 Å². The number of aromatic nitrogens is 3. The average molecular weight is 258 g/mol. The van der Waals surface area contributed by atoms with Gasteiger partial charge in [-0.1, -0.05) is 11.2 Å². The second-order valence-electron chi connectivity index (χ2n) is 4.15. The number of nitrogens with one attached hydrogen (secondary N) is 1. The molecular formula is C13H11FN4O. The third-order valence-electron chi connectivity index (χ3n) is 2.72. The minimum absolute atomic E-state index is 0.300. The standard InChI is InChI=1S/C13H11FN4O/c1-8-5-9(19-18-8)6-15-13-10-3-2-4-11(14)12(10)16-7-17-13/h2-5,7H,6H2,1H3,(H,15,16,17). The minimum atomic E-state index is -0.363. The number of hydrogen-bond donors (Lipinski definition) is 1. The van der Waals surface area contributed by atoms with Gasteiger partial charge in [0.15, 0.2) is 5.76 Å². The smallest absolute Gasteiger partial charge is 0.156 e. The van der Waals surface area contributed by atoms with Crippen molar-refractivity contribution < 1.29 is 8.91 Å². The molecule has 6 heteroatoms. The van der Waals surface area contributed by atoms with E-state index < -0.39 is 0 Å². The second kappa shape index (κ2) is 4.64. The van der Waals surface area contributed by atoms with E-state index in [0.717, 1.165) is 5.69 Å².